The molecule has 2 unspecified atom stereocenters. The van der Waals surface area contributed by atoms with Crippen molar-refractivity contribution in [2.45, 2.75) is 16.1 Å². The number of fused-ring (bicyclic) bond motifs is 9. The Morgan fingerprint density at radius 1 is 0.717 bits per heavy atom. The van der Waals surface area contributed by atoms with Gasteiger partial charge in [0.25, 0.3) is 0 Å². The summed E-state index contributed by atoms with van der Waals surface area (Å²) < 4.78 is 19.2. The second kappa shape index (κ2) is 10.7. The van der Waals surface area contributed by atoms with Crippen molar-refractivity contribution in [2.75, 3.05) is 0 Å². The summed E-state index contributed by atoms with van der Waals surface area (Å²) in [6.07, 6.45) is 13.8. The minimum Gasteiger partial charge on any atom is -0.309 e. The molecule has 0 spiro atoms. The van der Waals surface area contributed by atoms with Gasteiger partial charge in [0, 0.05) is 49.3 Å². The molecule has 4 aliphatic rings. The van der Waals surface area contributed by atoms with Gasteiger partial charge in [-0.15, -0.1) is 30.6 Å². The van der Waals surface area contributed by atoms with Crippen molar-refractivity contribution in [3.63, 3.8) is 0 Å². The Morgan fingerprint density at radius 3 is 2.24 bits per heavy atom. The Bertz CT molecular complexity index is 2540. The van der Waals surface area contributed by atoms with Gasteiger partial charge < -0.3 is 9.13 Å². The number of aromatic nitrogens is 2. The summed E-state index contributed by atoms with van der Waals surface area (Å²) in [6.45, 7) is 0. The third-order valence-electron chi connectivity index (χ3n) is 9.47. The molecule has 0 radical (unpaired) electrons. The van der Waals surface area contributed by atoms with E-state index in [1.54, 1.807) is 0 Å². The highest BCUT2D eigenvalue weighted by molar-refractivity contribution is 14.2. The summed E-state index contributed by atoms with van der Waals surface area (Å²) in [5.74, 6) is 0.429. The maximum absolute atomic E-state index is 4.50. The monoisotopic (exact) mass is 834 g/mol. The van der Waals surface area contributed by atoms with Gasteiger partial charge in [-0.3, -0.25) is 0 Å². The van der Waals surface area contributed by atoms with E-state index in [0.717, 1.165) is 0 Å². The third-order valence-corrected chi connectivity index (χ3v) is 15.3. The average molecular weight is 835 g/mol. The number of halogens is 2. The number of allylic oxidation sites excluding steroid dienone is 3. The van der Waals surface area contributed by atoms with Gasteiger partial charge in [0.1, 0.15) is 0 Å². The van der Waals surface area contributed by atoms with Crippen molar-refractivity contribution in [1.29, 1.82) is 0 Å². The largest absolute Gasteiger partial charge is 0.309 e. The van der Waals surface area contributed by atoms with Gasteiger partial charge in [0.15, 0.2) is 0 Å². The normalized spacial score (nSPS) is 19.1. The highest BCUT2D eigenvalue weighted by atomic mass is 127. The molecule has 0 saturated heterocycles. The molecule has 1 aliphatic carbocycles. The first kappa shape index (κ1) is 27.5. The van der Waals surface area contributed by atoms with Crippen LogP contribution in [0.15, 0.2) is 122 Å². The van der Waals surface area contributed by atoms with Crippen LogP contribution in [0, 0.1) is 0 Å². The van der Waals surface area contributed by atoms with E-state index in [-0.39, 0.29) is 20.7 Å². The van der Waals surface area contributed by atoms with Crippen molar-refractivity contribution in [2.24, 2.45) is 0 Å². The summed E-state index contributed by atoms with van der Waals surface area (Å²) in [4.78, 5) is 1.40. The van der Waals surface area contributed by atoms with Crippen molar-refractivity contribution in [3.05, 3.63) is 145 Å². The maximum atomic E-state index is 4.50. The quantitative estimate of drug-likeness (QED) is 0.162. The molecular weight excluding hydrogens is 806 g/mol. The van der Waals surface area contributed by atoms with Crippen LogP contribution in [0.4, 0.5) is 0 Å². The van der Waals surface area contributed by atoms with Crippen molar-refractivity contribution < 1.29 is 0 Å². The SMILES string of the molecule is C=I1=Cc2c(n(-c3cc(-c4ccc5c(c4)C4C=CC=CC4S5)cc(-n4c5c(c6ccccc64)C=IC=C5)c3)c3ccccc23)C=C1. The number of hydrogen-bond acceptors (Lipinski definition) is 1. The molecule has 0 N–H and O–H groups in total. The number of hydrogen-bond donors (Lipinski definition) is 0. The lowest BCUT2D eigenvalue weighted by atomic mass is 9.90. The fourth-order valence-electron chi connectivity index (χ4n) is 7.44. The summed E-state index contributed by atoms with van der Waals surface area (Å²) in [7, 11) is 0. The van der Waals surface area contributed by atoms with Crippen molar-refractivity contribution in [1.82, 2.24) is 9.13 Å². The lowest BCUT2D eigenvalue weighted by Gasteiger charge is -2.18. The third kappa shape index (κ3) is 4.17. The first-order valence-corrected chi connectivity index (χ1v) is 22.8. The van der Waals surface area contributed by atoms with Crippen LogP contribution in [-0.4, -0.2) is 26.9 Å². The first-order chi connectivity index (χ1) is 22.7. The summed E-state index contributed by atoms with van der Waals surface area (Å²) in [5, 5.41) is 3.13. The molecule has 0 amide bonds. The number of benzene rings is 4. The van der Waals surface area contributed by atoms with Gasteiger partial charge >= 0.3 is 0 Å². The molecule has 6 aromatic rings. The molecular formula is C41H28I2N2S. The summed E-state index contributed by atoms with van der Waals surface area (Å²) in [6, 6.07) is 32.1. The Balaban J connectivity index is 1.27. The van der Waals surface area contributed by atoms with E-state index >= 15 is 0 Å². The highest BCUT2D eigenvalue weighted by Gasteiger charge is 2.31. The van der Waals surface area contributed by atoms with Crippen molar-refractivity contribution >= 4 is 97.9 Å². The second-order valence-electron chi connectivity index (χ2n) is 12.0. The van der Waals surface area contributed by atoms with E-state index in [0.29, 0.717) is 11.2 Å². The number of para-hydroxylation sites is 2. The molecule has 4 aromatic carbocycles. The number of nitrogens with zero attached hydrogens (tertiary/aromatic N) is 2. The predicted molar refractivity (Wildman–Crippen MR) is 220 cm³/mol. The first-order valence-electron chi connectivity index (χ1n) is 15.4. The van der Waals surface area contributed by atoms with Crippen LogP contribution in [0.5, 0.6) is 0 Å². The molecule has 0 fully saturated rings. The van der Waals surface area contributed by atoms with Gasteiger partial charge in [-0.1, -0.05) is 92.0 Å². The minimum atomic E-state index is -1.47. The molecule has 5 heterocycles. The van der Waals surface area contributed by atoms with Crippen LogP contribution in [0.25, 0.3) is 56.5 Å². The smallest absolute Gasteiger partial charge is 0.0549 e. The maximum Gasteiger partial charge on any atom is 0.0549 e. The van der Waals surface area contributed by atoms with Crippen LogP contribution < -0.4 is 0 Å². The lowest BCUT2D eigenvalue weighted by molar-refractivity contribution is 0.881. The van der Waals surface area contributed by atoms with E-state index in [9.17, 15) is 0 Å². The molecule has 2 atom stereocenters. The molecule has 2 aromatic heterocycles. The van der Waals surface area contributed by atoms with Gasteiger partial charge in [-0.25, -0.2) is 0 Å². The van der Waals surface area contributed by atoms with Gasteiger partial charge in [0.2, 0.25) is 0 Å². The highest BCUT2D eigenvalue weighted by Crippen LogP contribution is 2.49. The summed E-state index contributed by atoms with van der Waals surface area (Å²) in [5.41, 5.74) is 14.1. The predicted octanol–water partition coefficient (Wildman–Crippen LogP) is 11.1. The van der Waals surface area contributed by atoms with E-state index in [1.807, 2.05) is 11.8 Å². The molecule has 46 heavy (non-hydrogen) atoms. The topological polar surface area (TPSA) is 9.86 Å². The average Bonchev–Trinajstić information content (AvgIpc) is 3.75. The molecule has 5 heteroatoms. The fourth-order valence-corrected chi connectivity index (χ4v) is 13.0. The van der Waals surface area contributed by atoms with Gasteiger partial charge in [-0.05, 0) is 87.5 Å². The molecule has 0 bridgehead atoms. The second-order valence-corrected chi connectivity index (χ2v) is 19.1. The zero-order valence-corrected chi connectivity index (χ0v) is 29.9. The van der Waals surface area contributed by atoms with E-state index in [4.69, 9.17) is 0 Å². The number of rotatable bonds is 3. The standard InChI is InChI=1S/C41H28I2N2S/c1-43-19-17-39-35(25-43)31-9-3-6-12-37(31)45(39)29-21-27(26-14-15-41-33(22-26)32-10-4-7-13-40(32)46-41)20-28(23-29)44-36-11-5-2-8-30(36)34-24-42-18-16-38(34)44/h2-25,32,40H,1H2. The van der Waals surface area contributed by atoms with Crippen molar-refractivity contribution in [3.8, 4) is 22.5 Å². The zero-order chi connectivity index (χ0) is 30.4. The van der Waals surface area contributed by atoms with Gasteiger partial charge in [-0.2, -0.15) is 0 Å². The van der Waals surface area contributed by atoms with E-state index in [2.05, 4.69) is 151 Å². The molecule has 10 rings (SSSR count). The molecule has 2 nitrogen and oxygen atoms in total. The van der Waals surface area contributed by atoms with E-state index in [1.165, 1.54) is 77.3 Å². The van der Waals surface area contributed by atoms with Crippen LogP contribution >= 0.6 is 51.4 Å². The van der Waals surface area contributed by atoms with Gasteiger partial charge in [0.05, 0.1) is 22.4 Å². The zero-order valence-electron chi connectivity index (χ0n) is 24.8. The van der Waals surface area contributed by atoms with E-state index < -0.39 is 18.9 Å². The molecule has 222 valence electrons. The Morgan fingerprint density at radius 2 is 1.43 bits per heavy atom. The fraction of sp³-hybridized carbons (Fsp3) is 0.0488. The van der Waals surface area contributed by atoms with Crippen LogP contribution in [-0.2, 0) is 0 Å². The van der Waals surface area contributed by atoms with Crippen LogP contribution in [0.2, 0.25) is 0 Å². The summed E-state index contributed by atoms with van der Waals surface area (Å²) >= 11 is 0.447. The number of thioether (sulfide) groups is 1. The molecule has 3 aliphatic heterocycles. The minimum absolute atomic E-state index is 0.0738. The van der Waals surface area contributed by atoms with Crippen LogP contribution in [0.1, 0.15) is 34.0 Å². The lowest BCUT2D eigenvalue weighted by Crippen LogP contribution is -2.06. The van der Waals surface area contributed by atoms with Crippen LogP contribution in [0.3, 0.4) is 0 Å². The Hall–Kier alpha value is -3.66. The Kier molecular flexibility index (Phi) is 6.38. The molecule has 0 saturated carbocycles. The Labute approximate surface area is 288 Å².